The average Bonchev–Trinajstić information content (AvgIpc) is 1.02. The third kappa shape index (κ3) is 25.0. The van der Waals surface area contributed by atoms with E-state index in [1.54, 1.807) is 79.6 Å². The molecule has 0 spiro atoms. The molecule has 8 atom stereocenters. The fourth-order valence-corrected chi connectivity index (χ4v) is 21.2. The van der Waals surface area contributed by atoms with Gasteiger partial charge in [0.2, 0.25) is 0 Å². The summed E-state index contributed by atoms with van der Waals surface area (Å²) in [6.45, 7) is 19.3. The van der Waals surface area contributed by atoms with E-state index in [4.69, 9.17) is 20.4 Å². The molecule has 0 saturated carbocycles. The molecule has 30 heteroatoms. The van der Waals surface area contributed by atoms with E-state index < -0.39 is 117 Å². The molecule has 4 aromatic heterocycles. The summed E-state index contributed by atoms with van der Waals surface area (Å²) in [4.78, 5) is 52.4. The van der Waals surface area contributed by atoms with Gasteiger partial charge in [0.15, 0.2) is 0 Å². The van der Waals surface area contributed by atoms with Crippen LogP contribution in [-0.4, -0.2) is 156 Å². The Morgan fingerprint density at radius 2 is 0.674 bits per heavy atom. The summed E-state index contributed by atoms with van der Waals surface area (Å²) in [7, 11) is 3.62. The van der Waals surface area contributed by atoms with E-state index in [9.17, 15) is 36.7 Å². The van der Waals surface area contributed by atoms with Crippen LogP contribution < -0.4 is 0 Å². The van der Waals surface area contributed by atoms with E-state index in [1.807, 2.05) is 112 Å². The molecule has 0 radical (unpaired) electrons. The van der Waals surface area contributed by atoms with Crippen LogP contribution >= 0.6 is 22.7 Å². The van der Waals surface area contributed by atoms with Gasteiger partial charge < -0.3 is 20.4 Å². The van der Waals surface area contributed by atoms with Crippen molar-refractivity contribution in [1.82, 2.24) is 39.2 Å². The first kappa shape index (κ1) is 102. The number of hydrogen-bond acceptors (Lipinski definition) is 12. The van der Waals surface area contributed by atoms with Gasteiger partial charge in [-0.15, -0.1) is 22.7 Å². The molecule has 138 heavy (non-hydrogen) atoms. The molecule has 0 fully saturated rings. The minimum atomic E-state index is -1.60. The topological polar surface area (TPSA) is 198 Å². The number of aliphatic carboxylic acids is 4. The second-order valence-corrected chi connectivity index (χ2v) is 39.9. The third-order valence-corrected chi connectivity index (χ3v) is 26.4. The summed E-state index contributed by atoms with van der Waals surface area (Å²) in [5.41, 5.74) is 1.45. The van der Waals surface area contributed by atoms with Gasteiger partial charge in [-0.2, -0.15) is 10.2 Å². The average molecular weight is 1930 g/mol. The molecule has 4 N–H and O–H groups in total. The zero-order valence-electron chi connectivity index (χ0n) is 78.3. The van der Waals surface area contributed by atoms with Gasteiger partial charge in [-0.1, -0.05) is 72.2 Å². The molecule has 0 aliphatic carbocycles. The van der Waals surface area contributed by atoms with Crippen LogP contribution in [0, 0.1) is 70.2 Å². The Hall–Kier alpha value is -12.9. The predicted molar refractivity (Wildman–Crippen MR) is 515 cm³/mol. The number of rotatable bonds is 20. The summed E-state index contributed by atoms with van der Waals surface area (Å²) in [6.07, 6.45) is 17.3. The number of carbonyl (C=O) groups is 4. The van der Waals surface area contributed by atoms with Crippen molar-refractivity contribution in [3.05, 3.63) is 339 Å². The lowest BCUT2D eigenvalue weighted by molar-refractivity contribution is -0.132. The van der Waals surface area contributed by atoms with Gasteiger partial charge in [0.1, 0.15) is 69.2 Å². The number of halogens is 12. The fourth-order valence-electron chi connectivity index (χ4n) is 18.5. The molecule has 6 unspecified atom stereocenters. The molecular weight excluding hydrogens is 1830 g/mol. The number of thiophene rings is 2. The van der Waals surface area contributed by atoms with Crippen LogP contribution in [0.5, 0.6) is 0 Å². The predicted octanol–water partition coefficient (Wildman–Crippen LogP) is 23.3. The molecule has 0 saturated heterocycles. The molecule has 4 aliphatic rings. The summed E-state index contributed by atoms with van der Waals surface area (Å²) in [5, 5.41) is 45.5. The molecule has 8 heterocycles. The van der Waals surface area contributed by atoms with E-state index in [2.05, 4.69) is 33.9 Å². The number of alkyl halides is 4. The zero-order valence-corrected chi connectivity index (χ0v) is 79.9. The molecule has 8 aromatic carbocycles. The van der Waals surface area contributed by atoms with Gasteiger partial charge in [0.25, 0.3) is 0 Å². The molecule has 720 valence electrons. The quantitative estimate of drug-likeness (QED) is 0.0319. The van der Waals surface area contributed by atoms with Gasteiger partial charge in [-0.25, -0.2) is 71.9 Å². The second-order valence-electron chi connectivity index (χ2n) is 37.7. The lowest BCUT2D eigenvalue weighted by Gasteiger charge is -2.44. The fraction of sp³-hybridized carbons (Fsp3) is 0.315. The summed E-state index contributed by atoms with van der Waals surface area (Å²) >= 11 is 3.09. The number of aromatic nitrogens is 4. The van der Waals surface area contributed by atoms with Crippen molar-refractivity contribution in [2.45, 2.75) is 180 Å². The molecule has 0 amide bonds. The molecule has 16 nitrogen and oxygen atoms in total. The van der Waals surface area contributed by atoms with Crippen molar-refractivity contribution in [1.29, 1.82) is 0 Å². The van der Waals surface area contributed by atoms with Crippen molar-refractivity contribution in [2.75, 3.05) is 26.2 Å². The van der Waals surface area contributed by atoms with E-state index in [1.165, 1.54) is 66.7 Å². The normalized spacial score (nSPS) is 18.7. The lowest BCUT2D eigenvalue weighted by Crippen LogP contribution is -2.48. The number of aryl methyl sites for hydroxylation is 2. The zero-order chi connectivity index (χ0) is 100. The molecule has 4 aliphatic heterocycles. The van der Waals surface area contributed by atoms with Crippen LogP contribution in [-0.2, 0) is 59.0 Å². The Bertz CT molecular complexity index is 6590. The van der Waals surface area contributed by atoms with E-state index in [0.717, 1.165) is 172 Å². The standard InChI is InChI=1S/2C29H28F3N3O2.2C25H24F3NO2S/c2*1-18-11-22-12-19(5-6-21-15-33-34(4)16-21)7-9-23(22)28(35(18)17-29(2,3)32)27-24(30)13-20(14-25(27)31)8-10-26(36)37;1-14-10-20-22(16-6-4-5-7-19(16)32-20)24(29(14)13-25(2,3)28)23-17(26)11-15(12-18(23)27)8-9-21(30)31;1-14-10-17-16-6-4-5-7-20(16)32-24(17)23(29(14)13-25(2,3)28)22-18(26)11-15(12-19(22)27)8-9-21(30)31/h2*7-10,12-16,18,28H,11,17H2,1-4H3,(H,36,37);4-9,11-12,14,24H,10,13H2,1-3H3,(H,30,31);4-9,11-12,14,23H,10,13H2,1-3H3,(H,30,31)/b2*10-8+;2*9-8+/t18-,28+;;;/m1.../s1. The summed E-state index contributed by atoms with van der Waals surface area (Å²) in [6, 6.07) is 31.5. The number of benzene rings is 8. The monoisotopic (exact) mass is 1930 g/mol. The minimum absolute atomic E-state index is 0.0159. The van der Waals surface area contributed by atoms with Crippen LogP contribution in [0.4, 0.5) is 52.7 Å². The lowest BCUT2D eigenvalue weighted by atomic mass is 9.83. The van der Waals surface area contributed by atoms with E-state index in [0.29, 0.717) is 36.8 Å². The first-order valence-corrected chi connectivity index (χ1v) is 46.2. The Kier molecular flexibility index (Phi) is 31.3. The SMILES string of the molecule is CC1Cc2c(sc3ccccc23)C(c2c(F)cc(/C=C/C(=O)O)cc2F)N1CC(C)(C)F.CC1Cc2cc(C#Cc3cnn(C)c3)ccc2C(c2c(F)cc(/C=C/C(=O)O)cc2F)N1CC(C)(C)F.CC1Cc2sc3ccccc3c2C(c2c(F)cc(/C=C/C(=O)O)cc2F)N1CC(C)(C)F.C[C@@H]1Cc2cc(C#Cc3cnn(C)c3)ccc2[C@@H](c2c(F)cc(/C=C/C(=O)O)cc2F)N1CC(C)(C)F. The van der Waals surface area contributed by atoms with Crippen LogP contribution in [0.2, 0.25) is 0 Å². The van der Waals surface area contributed by atoms with Crippen LogP contribution in [0.3, 0.4) is 0 Å². The molecule has 0 bridgehead atoms. The smallest absolute Gasteiger partial charge is 0.328 e. The second kappa shape index (κ2) is 42.2. The highest BCUT2D eigenvalue weighted by atomic mass is 32.1. The summed E-state index contributed by atoms with van der Waals surface area (Å²) < 4.78 is 188. The largest absolute Gasteiger partial charge is 0.478 e. The van der Waals surface area contributed by atoms with Crippen molar-refractivity contribution in [2.24, 2.45) is 14.1 Å². The Balaban J connectivity index is 0.000000156. The molecule has 16 rings (SSSR count). The number of carboxylic acid groups (broad SMARTS) is 4. The van der Waals surface area contributed by atoms with Gasteiger partial charge in [0.05, 0.1) is 47.7 Å². The molecular formula is C108H104F12N8O8S2. The van der Waals surface area contributed by atoms with Gasteiger partial charge in [0, 0.05) is 154 Å². The maximum Gasteiger partial charge on any atom is 0.328 e. The van der Waals surface area contributed by atoms with Crippen LogP contribution in [0.25, 0.3) is 44.5 Å². The first-order chi connectivity index (χ1) is 64.9. The maximum absolute atomic E-state index is 15.5. The summed E-state index contributed by atoms with van der Waals surface area (Å²) in [5.74, 6) is 1.10. The van der Waals surface area contributed by atoms with Crippen molar-refractivity contribution < 1.29 is 92.3 Å². The van der Waals surface area contributed by atoms with Gasteiger partial charge >= 0.3 is 23.9 Å². The highest BCUT2D eigenvalue weighted by Crippen LogP contribution is 2.52. The third-order valence-electron chi connectivity index (χ3n) is 24.0. The van der Waals surface area contributed by atoms with Crippen molar-refractivity contribution >= 4 is 91.0 Å². The number of hydrogen-bond donors (Lipinski definition) is 4. The highest BCUT2D eigenvalue weighted by molar-refractivity contribution is 7.19. The maximum atomic E-state index is 15.5. The van der Waals surface area contributed by atoms with Gasteiger partial charge in [-0.05, 0) is 284 Å². The molecule has 12 aromatic rings. The van der Waals surface area contributed by atoms with E-state index in [-0.39, 0.29) is 94.9 Å². The first-order valence-electron chi connectivity index (χ1n) is 44.6. The number of fused-ring (bicyclic) bond motifs is 8. The number of nitrogens with zero attached hydrogens (tertiary/aromatic N) is 8. The van der Waals surface area contributed by atoms with Crippen molar-refractivity contribution in [3.8, 4) is 23.7 Å². The van der Waals surface area contributed by atoms with Gasteiger partial charge in [-0.3, -0.25) is 29.0 Å². The van der Waals surface area contributed by atoms with E-state index >= 15 is 35.1 Å². The number of carboxylic acids is 4. The minimum Gasteiger partial charge on any atom is -0.478 e. The highest BCUT2D eigenvalue weighted by Gasteiger charge is 2.46. The van der Waals surface area contributed by atoms with Crippen LogP contribution in [0.15, 0.2) is 183 Å². The van der Waals surface area contributed by atoms with Crippen LogP contribution in [0.1, 0.15) is 217 Å². The Morgan fingerprint density at radius 3 is 1.01 bits per heavy atom. The Morgan fingerprint density at radius 1 is 0.377 bits per heavy atom. The Labute approximate surface area is 800 Å². The van der Waals surface area contributed by atoms with Crippen molar-refractivity contribution in [3.63, 3.8) is 0 Å².